The molecule has 0 aliphatic carbocycles. The van der Waals surface area contributed by atoms with Crippen LogP contribution in [0.5, 0.6) is 11.5 Å². The van der Waals surface area contributed by atoms with E-state index < -0.39 is 0 Å². The number of nitrogens with one attached hydrogen (secondary N) is 1. The summed E-state index contributed by atoms with van der Waals surface area (Å²) in [5, 5.41) is 6.93. The van der Waals surface area contributed by atoms with Crippen LogP contribution in [0.1, 0.15) is 34.5 Å². The number of nitrogens with zero attached hydrogens (tertiary/aromatic N) is 3. The second-order valence-electron chi connectivity index (χ2n) is 8.04. The molecule has 2 aromatic heterocycles. The average Bonchev–Trinajstić information content (AvgIpc) is 3.52. The Hall–Kier alpha value is -4.13. The van der Waals surface area contributed by atoms with Crippen LogP contribution in [-0.4, -0.2) is 40.2 Å². The van der Waals surface area contributed by atoms with Crippen molar-refractivity contribution < 1.29 is 14.3 Å². The summed E-state index contributed by atoms with van der Waals surface area (Å²) < 4.78 is 10.8. The van der Waals surface area contributed by atoms with Gasteiger partial charge in [0.2, 0.25) is 0 Å². The fourth-order valence-corrected chi connectivity index (χ4v) is 4.33. The van der Waals surface area contributed by atoms with E-state index in [0.29, 0.717) is 17.9 Å². The lowest BCUT2D eigenvalue weighted by atomic mass is 9.93. The van der Waals surface area contributed by atoms with Crippen molar-refractivity contribution in [2.75, 3.05) is 14.2 Å². The zero-order valence-electron chi connectivity index (χ0n) is 18.7. The lowest BCUT2D eigenvalue weighted by Crippen LogP contribution is -2.27. The second-order valence-corrected chi connectivity index (χ2v) is 8.04. The first-order chi connectivity index (χ1) is 16.1. The maximum Gasteiger partial charge on any atom is 0.255 e. The van der Waals surface area contributed by atoms with Crippen molar-refractivity contribution in [3.05, 3.63) is 83.9 Å². The molecule has 0 unspecified atom stereocenters. The van der Waals surface area contributed by atoms with Gasteiger partial charge in [-0.25, -0.2) is 0 Å². The number of ether oxygens (including phenoxy) is 2. The van der Waals surface area contributed by atoms with E-state index >= 15 is 0 Å². The predicted octanol–water partition coefficient (Wildman–Crippen LogP) is 4.87. The Morgan fingerprint density at radius 3 is 2.52 bits per heavy atom. The molecule has 1 amide bonds. The standard InChI is InChI=1S/C26H24N4O3/c1-16(17-5-4-6-21(7-17)32-2)30-15-25-23(19-8-22(33-3)14-27-11-19)9-18(10-24(25)26(30)31)20-12-28-29-13-20/h4-14,16H,15H2,1-3H3,(H,28,29)/t16-/m1/s1. The van der Waals surface area contributed by atoms with Crippen LogP contribution in [0.4, 0.5) is 0 Å². The minimum Gasteiger partial charge on any atom is -0.497 e. The number of benzene rings is 2. The van der Waals surface area contributed by atoms with Gasteiger partial charge in [0.05, 0.1) is 32.7 Å². The van der Waals surface area contributed by atoms with Crippen molar-refractivity contribution >= 4 is 5.91 Å². The number of fused-ring (bicyclic) bond motifs is 1. The fraction of sp³-hybridized carbons (Fsp3) is 0.192. The number of pyridine rings is 1. The number of hydrogen-bond acceptors (Lipinski definition) is 5. The van der Waals surface area contributed by atoms with Crippen molar-refractivity contribution in [2.45, 2.75) is 19.5 Å². The van der Waals surface area contributed by atoms with Crippen molar-refractivity contribution in [3.63, 3.8) is 0 Å². The highest BCUT2D eigenvalue weighted by Crippen LogP contribution is 2.40. The molecule has 166 valence electrons. The van der Waals surface area contributed by atoms with Crippen LogP contribution in [0.3, 0.4) is 0 Å². The summed E-state index contributed by atoms with van der Waals surface area (Å²) in [6, 6.07) is 13.7. The molecule has 1 aliphatic rings. The number of carbonyl (C=O) groups is 1. The number of rotatable bonds is 6. The molecule has 0 saturated carbocycles. The van der Waals surface area contributed by atoms with Gasteiger partial charge in [-0.15, -0.1) is 0 Å². The molecule has 7 heteroatoms. The summed E-state index contributed by atoms with van der Waals surface area (Å²) in [7, 11) is 3.26. The van der Waals surface area contributed by atoms with Crippen LogP contribution in [-0.2, 0) is 6.54 Å². The molecule has 5 rings (SSSR count). The molecule has 4 aromatic rings. The fourth-order valence-electron chi connectivity index (χ4n) is 4.33. The molecular formula is C26H24N4O3. The first-order valence-corrected chi connectivity index (χ1v) is 10.7. The van der Waals surface area contributed by atoms with Crippen molar-refractivity contribution in [3.8, 4) is 33.8 Å². The van der Waals surface area contributed by atoms with E-state index in [4.69, 9.17) is 9.47 Å². The maximum atomic E-state index is 13.6. The normalized spacial score (nSPS) is 13.7. The average molecular weight is 441 g/mol. The summed E-state index contributed by atoms with van der Waals surface area (Å²) in [6.45, 7) is 2.55. The van der Waals surface area contributed by atoms with Gasteiger partial charge in [-0.05, 0) is 59.5 Å². The van der Waals surface area contributed by atoms with Gasteiger partial charge < -0.3 is 14.4 Å². The van der Waals surface area contributed by atoms with Gasteiger partial charge in [-0.2, -0.15) is 5.10 Å². The second kappa shape index (κ2) is 8.43. The van der Waals surface area contributed by atoms with Crippen LogP contribution in [0.15, 0.2) is 67.3 Å². The molecular weight excluding hydrogens is 416 g/mol. The lowest BCUT2D eigenvalue weighted by Gasteiger charge is -2.25. The van der Waals surface area contributed by atoms with Crippen LogP contribution < -0.4 is 9.47 Å². The zero-order valence-corrected chi connectivity index (χ0v) is 18.7. The molecule has 1 atom stereocenters. The van der Waals surface area contributed by atoms with Crippen LogP contribution >= 0.6 is 0 Å². The van der Waals surface area contributed by atoms with Gasteiger partial charge in [0.15, 0.2) is 0 Å². The topological polar surface area (TPSA) is 80.3 Å². The Balaban J connectivity index is 1.61. The van der Waals surface area contributed by atoms with Crippen LogP contribution in [0.25, 0.3) is 22.3 Å². The zero-order chi connectivity index (χ0) is 22.9. The van der Waals surface area contributed by atoms with E-state index in [2.05, 4.69) is 21.2 Å². The Morgan fingerprint density at radius 1 is 0.939 bits per heavy atom. The summed E-state index contributed by atoms with van der Waals surface area (Å²) in [6.07, 6.45) is 7.05. The molecule has 0 saturated heterocycles. The highest BCUT2D eigenvalue weighted by Gasteiger charge is 2.34. The van der Waals surface area contributed by atoms with Gasteiger partial charge in [-0.1, -0.05) is 12.1 Å². The van der Waals surface area contributed by atoms with Gasteiger partial charge >= 0.3 is 0 Å². The number of amides is 1. The number of aromatic nitrogens is 3. The highest BCUT2D eigenvalue weighted by molar-refractivity contribution is 6.02. The van der Waals surface area contributed by atoms with E-state index in [1.54, 1.807) is 32.8 Å². The third-order valence-corrected chi connectivity index (χ3v) is 6.20. The Morgan fingerprint density at radius 2 is 1.76 bits per heavy atom. The smallest absolute Gasteiger partial charge is 0.255 e. The highest BCUT2D eigenvalue weighted by atomic mass is 16.5. The molecule has 1 aliphatic heterocycles. The minimum atomic E-state index is -0.117. The Labute approximate surface area is 192 Å². The number of hydrogen-bond donors (Lipinski definition) is 1. The van der Waals surface area contributed by atoms with Crippen molar-refractivity contribution in [1.82, 2.24) is 20.1 Å². The van der Waals surface area contributed by atoms with Crippen molar-refractivity contribution in [2.24, 2.45) is 0 Å². The number of methoxy groups -OCH3 is 2. The van der Waals surface area contributed by atoms with Gasteiger partial charge in [0, 0.05) is 35.6 Å². The van der Waals surface area contributed by atoms with E-state index in [0.717, 1.165) is 39.1 Å². The van der Waals surface area contributed by atoms with Gasteiger partial charge in [0.25, 0.3) is 5.91 Å². The van der Waals surface area contributed by atoms with E-state index in [1.165, 1.54) is 0 Å². The molecule has 33 heavy (non-hydrogen) atoms. The first kappa shape index (κ1) is 20.8. The number of carbonyl (C=O) groups excluding carboxylic acids is 1. The molecule has 2 aromatic carbocycles. The maximum absolute atomic E-state index is 13.6. The van der Waals surface area contributed by atoms with Crippen LogP contribution in [0.2, 0.25) is 0 Å². The van der Waals surface area contributed by atoms with Crippen molar-refractivity contribution in [1.29, 1.82) is 0 Å². The summed E-state index contributed by atoms with van der Waals surface area (Å²) in [5.74, 6) is 1.44. The molecule has 0 spiro atoms. The van der Waals surface area contributed by atoms with Crippen LogP contribution in [0, 0.1) is 0 Å². The lowest BCUT2D eigenvalue weighted by molar-refractivity contribution is 0.0715. The largest absolute Gasteiger partial charge is 0.497 e. The predicted molar refractivity (Wildman–Crippen MR) is 125 cm³/mol. The monoisotopic (exact) mass is 440 g/mol. The summed E-state index contributed by atoms with van der Waals surface area (Å²) in [5.41, 5.74) is 6.41. The SMILES string of the molecule is COc1cncc(-c2cc(-c3cn[nH]c3)cc3c2CN([C@H](C)c2cccc(OC)c2)C3=O)c1. The minimum absolute atomic E-state index is 0.00256. The molecule has 0 fully saturated rings. The number of H-pyrrole nitrogens is 1. The summed E-state index contributed by atoms with van der Waals surface area (Å²) >= 11 is 0. The molecule has 0 bridgehead atoms. The molecule has 0 radical (unpaired) electrons. The molecule has 3 heterocycles. The Bertz CT molecular complexity index is 1320. The quantitative estimate of drug-likeness (QED) is 0.463. The van der Waals surface area contributed by atoms with Gasteiger partial charge in [-0.3, -0.25) is 14.9 Å². The van der Waals surface area contributed by atoms with E-state index in [1.807, 2.05) is 54.4 Å². The first-order valence-electron chi connectivity index (χ1n) is 10.7. The third-order valence-electron chi connectivity index (χ3n) is 6.20. The molecule has 1 N–H and O–H groups in total. The van der Waals surface area contributed by atoms with E-state index in [-0.39, 0.29) is 11.9 Å². The third kappa shape index (κ3) is 3.71. The number of aromatic amines is 1. The summed E-state index contributed by atoms with van der Waals surface area (Å²) in [4.78, 5) is 19.9. The van der Waals surface area contributed by atoms with Gasteiger partial charge in [0.1, 0.15) is 11.5 Å². The molecule has 7 nitrogen and oxygen atoms in total. The Kier molecular flexibility index (Phi) is 5.30. The van der Waals surface area contributed by atoms with E-state index in [9.17, 15) is 4.79 Å².